The third-order valence-electron chi connectivity index (χ3n) is 3.15. The first-order valence-electron chi connectivity index (χ1n) is 7.00. The number of aromatic nitrogens is 3. The third-order valence-corrected chi connectivity index (χ3v) is 3.52. The summed E-state index contributed by atoms with van der Waals surface area (Å²) in [5, 5.41) is 7.73. The summed E-state index contributed by atoms with van der Waals surface area (Å²) in [6.45, 7) is 2.69. The molecule has 0 unspecified atom stereocenters. The molecule has 0 aliphatic carbocycles. The Morgan fingerprint density at radius 3 is 2.95 bits per heavy atom. The van der Waals surface area contributed by atoms with Crippen molar-refractivity contribution in [2.45, 2.75) is 38.8 Å². The van der Waals surface area contributed by atoms with Gasteiger partial charge in [-0.1, -0.05) is 29.8 Å². The number of benzene rings is 1. The quantitative estimate of drug-likeness (QED) is 0.855. The van der Waals surface area contributed by atoms with Crippen LogP contribution in [-0.4, -0.2) is 26.7 Å². The van der Waals surface area contributed by atoms with Crippen molar-refractivity contribution in [3.05, 3.63) is 47.5 Å². The van der Waals surface area contributed by atoms with Crippen LogP contribution in [0.2, 0.25) is 5.02 Å². The molecule has 0 saturated carbocycles. The average Bonchev–Trinajstić information content (AvgIpc) is 2.94. The van der Waals surface area contributed by atoms with Crippen LogP contribution in [0, 0.1) is 0 Å². The summed E-state index contributed by atoms with van der Waals surface area (Å²) in [7, 11) is 0. The average molecular weight is 307 g/mol. The van der Waals surface area contributed by atoms with Crippen LogP contribution >= 0.6 is 11.6 Å². The fourth-order valence-electron chi connectivity index (χ4n) is 2.14. The second-order valence-corrected chi connectivity index (χ2v) is 5.43. The van der Waals surface area contributed by atoms with Gasteiger partial charge in [0.1, 0.15) is 12.7 Å². The zero-order valence-corrected chi connectivity index (χ0v) is 12.8. The predicted molar refractivity (Wildman–Crippen MR) is 82.0 cm³/mol. The molecule has 0 saturated heterocycles. The molecule has 1 amide bonds. The minimum Gasteiger partial charge on any atom is -0.353 e. The highest BCUT2D eigenvalue weighted by atomic mass is 35.5. The standard InChI is InChI=1S/C15H19ClN4O/c1-12(9-13-5-2-3-6-14(13)16)19-15(21)7-4-8-20-11-17-10-18-20/h2-3,5-6,10-12H,4,7-9H2,1H3,(H,19,21)/t12-/m1/s1. The van der Waals surface area contributed by atoms with Crippen LogP contribution in [0.3, 0.4) is 0 Å². The number of carbonyl (C=O) groups is 1. The van der Waals surface area contributed by atoms with Gasteiger partial charge in [-0.3, -0.25) is 9.48 Å². The van der Waals surface area contributed by atoms with Crippen LogP contribution in [0.5, 0.6) is 0 Å². The molecule has 0 radical (unpaired) electrons. The smallest absolute Gasteiger partial charge is 0.220 e. The molecule has 0 aliphatic heterocycles. The molecule has 0 fully saturated rings. The van der Waals surface area contributed by atoms with Crippen LogP contribution in [0.25, 0.3) is 0 Å². The molecule has 5 nitrogen and oxygen atoms in total. The minimum absolute atomic E-state index is 0.0506. The SMILES string of the molecule is C[C@H](Cc1ccccc1Cl)NC(=O)CCCn1cncn1. The second kappa shape index (κ2) is 7.78. The maximum absolute atomic E-state index is 11.9. The van der Waals surface area contributed by atoms with Crippen LogP contribution in [0.1, 0.15) is 25.3 Å². The number of nitrogens with zero attached hydrogens (tertiary/aromatic N) is 3. The molecule has 0 spiro atoms. The van der Waals surface area contributed by atoms with E-state index in [-0.39, 0.29) is 11.9 Å². The summed E-state index contributed by atoms with van der Waals surface area (Å²) >= 11 is 6.12. The number of rotatable bonds is 7. The predicted octanol–water partition coefficient (Wildman–Crippen LogP) is 2.46. The van der Waals surface area contributed by atoms with Crippen molar-refractivity contribution >= 4 is 17.5 Å². The highest BCUT2D eigenvalue weighted by molar-refractivity contribution is 6.31. The van der Waals surface area contributed by atoms with Crippen molar-refractivity contribution in [2.75, 3.05) is 0 Å². The molecule has 0 aliphatic rings. The fraction of sp³-hybridized carbons (Fsp3) is 0.400. The lowest BCUT2D eigenvalue weighted by molar-refractivity contribution is -0.121. The molecule has 0 bridgehead atoms. The van der Waals surface area contributed by atoms with Gasteiger partial charge in [0, 0.05) is 24.0 Å². The Bertz CT molecular complexity index is 571. The summed E-state index contributed by atoms with van der Waals surface area (Å²) in [5.41, 5.74) is 1.05. The zero-order chi connectivity index (χ0) is 15.1. The minimum atomic E-state index is 0.0506. The van der Waals surface area contributed by atoms with Crippen LogP contribution in [-0.2, 0) is 17.8 Å². The molecule has 6 heteroatoms. The Labute approximate surface area is 129 Å². The van der Waals surface area contributed by atoms with Crippen LogP contribution < -0.4 is 5.32 Å². The topological polar surface area (TPSA) is 59.8 Å². The molecule has 21 heavy (non-hydrogen) atoms. The Balaban J connectivity index is 1.71. The molecule has 1 aromatic heterocycles. The van der Waals surface area contributed by atoms with Gasteiger partial charge < -0.3 is 5.32 Å². The first-order chi connectivity index (χ1) is 10.1. The number of halogens is 1. The van der Waals surface area contributed by atoms with Gasteiger partial charge in [-0.2, -0.15) is 5.10 Å². The number of hydrogen-bond acceptors (Lipinski definition) is 3. The normalized spacial score (nSPS) is 12.1. The van der Waals surface area contributed by atoms with E-state index in [0.717, 1.165) is 23.4 Å². The summed E-state index contributed by atoms with van der Waals surface area (Å²) < 4.78 is 1.72. The van der Waals surface area contributed by atoms with Gasteiger partial charge in [-0.15, -0.1) is 0 Å². The van der Waals surface area contributed by atoms with E-state index in [1.54, 1.807) is 11.0 Å². The van der Waals surface area contributed by atoms with Gasteiger partial charge in [0.25, 0.3) is 0 Å². The van der Waals surface area contributed by atoms with Crippen molar-refractivity contribution in [3.8, 4) is 0 Å². The Morgan fingerprint density at radius 2 is 2.24 bits per heavy atom. The largest absolute Gasteiger partial charge is 0.353 e. The van der Waals surface area contributed by atoms with Crippen LogP contribution in [0.15, 0.2) is 36.9 Å². The summed E-state index contributed by atoms with van der Waals surface area (Å²) in [6, 6.07) is 7.76. The Hall–Kier alpha value is -1.88. The lowest BCUT2D eigenvalue weighted by Crippen LogP contribution is -2.34. The van der Waals surface area contributed by atoms with E-state index in [1.165, 1.54) is 6.33 Å². The van der Waals surface area contributed by atoms with E-state index >= 15 is 0 Å². The van der Waals surface area contributed by atoms with Crippen molar-refractivity contribution in [2.24, 2.45) is 0 Å². The third kappa shape index (κ3) is 5.19. The summed E-state index contributed by atoms with van der Waals surface area (Å²) in [4.78, 5) is 15.7. The number of amides is 1. The van der Waals surface area contributed by atoms with Crippen molar-refractivity contribution in [1.82, 2.24) is 20.1 Å². The first kappa shape index (κ1) is 15.5. The van der Waals surface area contributed by atoms with E-state index in [2.05, 4.69) is 15.4 Å². The highest BCUT2D eigenvalue weighted by Gasteiger charge is 2.09. The van der Waals surface area contributed by atoms with Crippen molar-refractivity contribution < 1.29 is 4.79 Å². The fourth-order valence-corrected chi connectivity index (χ4v) is 2.35. The molecule has 1 heterocycles. The number of aryl methyl sites for hydroxylation is 1. The van der Waals surface area contributed by atoms with Gasteiger partial charge in [-0.05, 0) is 31.4 Å². The lowest BCUT2D eigenvalue weighted by atomic mass is 10.1. The van der Waals surface area contributed by atoms with Gasteiger partial charge in [0.2, 0.25) is 5.91 Å². The van der Waals surface area contributed by atoms with Crippen molar-refractivity contribution in [1.29, 1.82) is 0 Å². The molecule has 1 aromatic carbocycles. The number of hydrogen-bond donors (Lipinski definition) is 1. The number of carbonyl (C=O) groups excluding carboxylic acids is 1. The lowest BCUT2D eigenvalue weighted by Gasteiger charge is -2.14. The highest BCUT2D eigenvalue weighted by Crippen LogP contribution is 2.16. The summed E-state index contributed by atoms with van der Waals surface area (Å²) in [6.07, 6.45) is 5.10. The van der Waals surface area contributed by atoms with E-state index in [9.17, 15) is 4.79 Å². The maximum atomic E-state index is 11.9. The van der Waals surface area contributed by atoms with Crippen molar-refractivity contribution in [3.63, 3.8) is 0 Å². The van der Waals surface area contributed by atoms with E-state index in [4.69, 9.17) is 11.6 Å². The van der Waals surface area contributed by atoms with Gasteiger partial charge in [0.15, 0.2) is 0 Å². The summed E-state index contributed by atoms with van der Waals surface area (Å²) in [5.74, 6) is 0.0506. The van der Waals surface area contributed by atoms with Gasteiger partial charge >= 0.3 is 0 Å². The molecular weight excluding hydrogens is 288 g/mol. The molecule has 112 valence electrons. The Morgan fingerprint density at radius 1 is 1.43 bits per heavy atom. The molecule has 2 aromatic rings. The Kier molecular flexibility index (Phi) is 5.75. The van der Waals surface area contributed by atoms with E-state index < -0.39 is 0 Å². The molecule has 2 rings (SSSR count). The molecular formula is C15H19ClN4O. The second-order valence-electron chi connectivity index (χ2n) is 5.03. The zero-order valence-electron chi connectivity index (χ0n) is 12.0. The van der Waals surface area contributed by atoms with Crippen LogP contribution in [0.4, 0.5) is 0 Å². The maximum Gasteiger partial charge on any atom is 0.220 e. The van der Waals surface area contributed by atoms with Gasteiger partial charge in [-0.25, -0.2) is 4.98 Å². The molecule has 1 N–H and O–H groups in total. The molecule has 1 atom stereocenters. The monoisotopic (exact) mass is 306 g/mol. The van der Waals surface area contributed by atoms with E-state index in [0.29, 0.717) is 13.0 Å². The number of nitrogens with one attached hydrogen (secondary N) is 1. The van der Waals surface area contributed by atoms with E-state index in [1.807, 2.05) is 31.2 Å². The first-order valence-corrected chi connectivity index (χ1v) is 7.38. The van der Waals surface area contributed by atoms with Gasteiger partial charge in [0.05, 0.1) is 0 Å².